The molecule has 1 amide bonds. The highest BCUT2D eigenvalue weighted by Crippen LogP contribution is 2.03. The number of benzene rings is 1. The van der Waals surface area contributed by atoms with Gasteiger partial charge in [0.25, 0.3) is 5.91 Å². The summed E-state index contributed by atoms with van der Waals surface area (Å²) < 4.78 is 0. The van der Waals surface area contributed by atoms with E-state index in [1.165, 1.54) is 0 Å². The van der Waals surface area contributed by atoms with Gasteiger partial charge in [0.2, 0.25) is 0 Å². The number of aldehydes is 1. The van der Waals surface area contributed by atoms with Crippen LogP contribution in [0.4, 0.5) is 0 Å². The first-order chi connectivity index (χ1) is 7.42. The molecule has 0 spiro atoms. The van der Waals surface area contributed by atoms with Crippen LogP contribution in [0.2, 0.25) is 19.6 Å². The summed E-state index contributed by atoms with van der Waals surface area (Å²) >= 11 is 0. The van der Waals surface area contributed by atoms with Gasteiger partial charge in [-0.2, -0.15) is 0 Å². The summed E-state index contributed by atoms with van der Waals surface area (Å²) in [6.07, 6.45) is 1.53. The van der Waals surface area contributed by atoms with Gasteiger partial charge in [-0.25, -0.2) is 0 Å². The summed E-state index contributed by atoms with van der Waals surface area (Å²) in [7, 11) is -1.26. The first-order valence-electron chi connectivity index (χ1n) is 5.26. The minimum atomic E-state index is -1.26. The van der Waals surface area contributed by atoms with E-state index in [0.29, 0.717) is 11.1 Å². The van der Waals surface area contributed by atoms with Crippen LogP contribution in [0.25, 0.3) is 0 Å². The molecule has 0 saturated carbocycles. The first kappa shape index (κ1) is 12.6. The highest BCUT2D eigenvalue weighted by Gasteiger charge is 2.14. The Morgan fingerprint density at radius 1 is 1.25 bits per heavy atom. The quantitative estimate of drug-likeness (QED) is 0.641. The van der Waals surface area contributed by atoms with Crippen LogP contribution in [0, 0.1) is 0 Å². The van der Waals surface area contributed by atoms with Crippen molar-refractivity contribution >= 4 is 20.3 Å². The van der Waals surface area contributed by atoms with Crippen molar-refractivity contribution in [3.8, 4) is 0 Å². The monoisotopic (exact) mass is 235 g/mol. The van der Waals surface area contributed by atoms with E-state index in [-0.39, 0.29) is 5.91 Å². The highest BCUT2D eigenvalue weighted by molar-refractivity contribution is 6.76. The van der Waals surface area contributed by atoms with Crippen molar-refractivity contribution in [1.29, 1.82) is 0 Å². The summed E-state index contributed by atoms with van der Waals surface area (Å²) in [5.41, 5.74) is 1.19. The third-order valence-electron chi connectivity index (χ3n) is 2.09. The molecular weight excluding hydrogens is 218 g/mol. The Kier molecular flexibility index (Phi) is 4.01. The molecule has 1 aromatic rings. The number of hydrogen-bond donors (Lipinski definition) is 1. The minimum absolute atomic E-state index is 0.0696. The van der Waals surface area contributed by atoms with Crippen LogP contribution in [0.15, 0.2) is 24.3 Å². The summed E-state index contributed by atoms with van der Waals surface area (Å²) in [5.74, 6) is -0.0696. The summed E-state index contributed by atoms with van der Waals surface area (Å²) in [4.78, 5) is 22.2. The van der Waals surface area contributed by atoms with Crippen LogP contribution < -0.4 is 5.32 Å². The maximum Gasteiger partial charge on any atom is 0.251 e. The molecular formula is C12H17NO2Si. The lowest BCUT2D eigenvalue weighted by Crippen LogP contribution is -2.39. The Morgan fingerprint density at radius 2 is 1.81 bits per heavy atom. The van der Waals surface area contributed by atoms with Crippen LogP contribution >= 0.6 is 0 Å². The second-order valence-electron chi connectivity index (χ2n) is 4.98. The van der Waals surface area contributed by atoms with E-state index in [2.05, 4.69) is 25.0 Å². The van der Waals surface area contributed by atoms with Crippen molar-refractivity contribution < 1.29 is 9.59 Å². The Labute approximate surface area is 96.9 Å². The molecule has 0 bridgehead atoms. The Hall–Kier alpha value is -1.42. The van der Waals surface area contributed by atoms with Crippen LogP contribution in [0.3, 0.4) is 0 Å². The molecule has 4 heteroatoms. The number of carbonyl (C=O) groups is 2. The molecule has 0 aliphatic carbocycles. The normalized spacial score (nSPS) is 10.9. The van der Waals surface area contributed by atoms with Gasteiger partial charge in [-0.3, -0.25) is 9.59 Å². The predicted octanol–water partition coefficient (Wildman–Crippen LogP) is 2.11. The Bertz CT molecular complexity index is 379. The van der Waals surface area contributed by atoms with Crippen LogP contribution in [-0.2, 0) is 0 Å². The molecule has 16 heavy (non-hydrogen) atoms. The van der Waals surface area contributed by atoms with Crippen LogP contribution in [0.5, 0.6) is 0 Å². The second kappa shape index (κ2) is 5.07. The third kappa shape index (κ3) is 3.98. The second-order valence-corrected chi connectivity index (χ2v) is 10.5. The summed E-state index contributed by atoms with van der Waals surface area (Å²) in [6, 6.07) is 6.64. The zero-order chi connectivity index (χ0) is 12.2. The number of nitrogens with one attached hydrogen (secondary N) is 1. The zero-order valence-corrected chi connectivity index (χ0v) is 10.9. The van der Waals surface area contributed by atoms with Gasteiger partial charge >= 0.3 is 0 Å². The number of amides is 1. The molecule has 0 heterocycles. The molecule has 1 rings (SSSR count). The van der Waals surface area contributed by atoms with Gasteiger partial charge in [-0.1, -0.05) is 31.8 Å². The molecule has 3 nitrogen and oxygen atoms in total. The van der Waals surface area contributed by atoms with Crippen molar-refractivity contribution in [2.24, 2.45) is 0 Å². The maximum absolute atomic E-state index is 11.7. The lowest BCUT2D eigenvalue weighted by atomic mass is 10.1. The van der Waals surface area contributed by atoms with E-state index in [1.807, 2.05) is 0 Å². The smallest absolute Gasteiger partial charge is 0.251 e. The van der Waals surface area contributed by atoms with Gasteiger partial charge in [-0.15, -0.1) is 0 Å². The molecule has 0 atom stereocenters. The van der Waals surface area contributed by atoms with E-state index < -0.39 is 8.07 Å². The van der Waals surface area contributed by atoms with E-state index in [9.17, 15) is 9.59 Å². The molecule has 1 aromatic carbocycles. The third-order valence-corrected chi connectivity index (χ3v) is 3.33. The zero-order valence-electron chi connectivity index (χ0n) is 9.91. The molecule has 1 N–H and O–H groups in total. The van der Waals surface area contributed by atoms with Gasteiger partial charge in [0.15, 0.2) is 0 Å². The fourth-order valence-electron chi connectivity index (χ4n) is 1.16. The lowest BCUT2D eigenvalue weighted by Gasteiger charge is -2.16. The number of hydrogen-bond acceptors (Lipinski definition) is 2. The van der Waals surface area contributed by atoms with E-state index in [4.69, 9.17) is 0 Å². The van der Waals surface area contributed by atoms with E-state index in [1.54, 1.807) is 24.3 Å². The van der Waals surface area contributed by atoms with E-state index in [0.717, 1.165) is 12.5 Å². The Morgan fingerprint density at radius 3 is 2.25 bits per heavy atom. The van der Waals surface area contributed by atoms with Gasteiger partial charge in [0, 0.05) is 17.3 Å². The average Bonchev–Trinajstić information content (AvgIpc) is 2.25. The number of rotatable bonds is 4. The fourth-order valence-corrected chi connectivity index (χ4v) is 1.85. The maximum atomic E-state index is 11.7. The first-order valence-corrected chi connectivity index (χ1v) is 8.96. The largest absolute Gasteiger partial charge is 0.355 e. The van der Waals surface area contributed by atoms with Crippen molar-refractivity contribution in [3.63, 3.8) is 0 Å². The van der Waals surface area contributed by atoms with Gasteiger partial charge < -0.3 is 5.32 Å². The lowest BCUT2D eigenvalue weighted by molar-refractivity contribution is 0.0958. The minimum Gasteiger partial charge on any atom is -0.355 e. The molecule has 0 aliphatic rings. The average molecular weight is 235 g/mol. The van der Waals surface area contributed by atoms with Crippen LogP contribution in [0.1, 0.15) is 20.7 Å². The highest BCUT2D eigenvalue weighted by atomic mass is 28.3. The molecule has 0 fully saturated rings. The van der Waals surface area contributed by atoms with Gasteiger partial charge in [0.05, 0.1) is 8.07 Å². The fraction of sp³-hybridized carbons (Fsp3) is 0.333. The molecule has 0 radical (unpaired) electrons. The molecule has 0 aromatic heterocycles. The van der Waals surface area contributed by atoms with Gasteiger partial charge in [-0.05, 0) is 12.1 Å². The summed E-state index contributed by atoms with van der Waals surface area (Å²) in [6.45, 7) is 6.59. The molecule has 86 valence electrons. The number of carbonyl (C=O) groups excluding carboxylic acids is 2. The molecule has 0 aliphatic heterocycles. The molecule has 0 saturated heterocycles. The summed E-state index contributed by atoms with van der Waals surface area (Å²) in [5, 5.41) is 2.91. The molecule has 0 unspecified atom stereocenters. The predicted molar refractivity (Wildman–Crippen MR) is 67.5 cm³/mol. The SMILES string of the molecule is C[Si](C)(C)CNC(=O)c1ccc(C=O)cc1. The van der Waals surface area contributed by atoms with Crippen molar-refractivity contribution in [1.82, 2.24) is 5.32 Å². The van der Waals surface area contributed by atoms with Crippen LogP contribution in [-0.4, -0.2) is 26.4 Å². The Balaban J connectivity index is 2.63. The van der Waals surface area contributed by atoms with Crippen molar-refractivity contribution in [2.75, 3.05) is 6.17 Å². The topological polar surface area (TPSA) is 46.2 Å². The van der Waals surface area contributed by atoms with Crippen molar-refractivity contribution in [3.05, 3.63) is 35.4 Å². The van der Waals surface area contributed by atoms with Crippen molar-refractivity contribution in [2.45, 2.75) is 19.6 Å². The van der Waals surface area contributed by atoms with E-state index >= 15 is 0 Å². The standard InChI is InChI=1S/C12H17NO2Si/c1-16(2,3)9-13-12(15)11-6-4-10(8-14)5-7-11/h4-8H,9H2,1-3H3,(H,13,15). The van der Waals surface area contributed by atoms with Gasteiger partial charge in [0.1, 0.15) is 6.29 Å².